The van der Waals surface area contributed by atoms with Gasteiger partial charge in [-0.1, -0.05) is 17.3 Å². The predicted molar refractivity (Wildman–Crippen MR) is 89.8 cm³/mol. The molecule has 3 aromatic rings. The lowest BCUT2D eigenvalue weighted by Gasteiger charge is -2.15. The minimum atomic E-state index is 0.241. The largest absolute Gasteiger partial charge is 0.361 e. The first-order chi connectivity index (χ1) is 11.8. The molecule has 124 valence electrons. The van der Waals surface area contributed by atoms with Crippen LogP contribution in [0.15, 0.2) is 41.4 Å². The van der Waals surface area contributed by atoms with Crippen molar-refractivity contribution in [1.82, 2.24) is 25.2 Å². The molecule has 0 fully saturated rings. The highest BCUT2D eigenvalue weighted by Gasteiger charge is 2.19. The van der Waals surface area contributed by atoms with Crippen LogP contribution in [0.5, 0.6) is 0 Å². The van der Waals surface area contributed by atoms with Crippen LogP contribution in [0.3, 0.4) is 0 Å². The third kappa shape index (κ3) is 2.97. The highest BCUT2D eigenvalue weighted by atomic mass is 16.5. The first-order valence-electron chi connectivity index (χ1n) is 8.46. The topological polar surface area (TPSA) is 68.8 Å². The molecule has 0 spiro atoms. The number of nitrogens with zero attached hydrogens (tertiary/aromatic N) is 4. The fourth-order valence-corrected chi connectivity index (χ4v) is 3.21. The third-order valence-corrected chi connectivity index (χ3v) is 4.68. The van der Waals surface area contributed by atoms with Gasteiger partial charge in [-0.3, -0.25) is 0 Å². The van der Waals surface area contributed by atoms with Crippen LogP contribution in [-0.2, 0) is 19.4 Å². The minimum Gasteiger partial charge on any atom is -0.361 e. The Balaban J connectivity index is 1.41. The summed E-state index contributed by atoms with van der Waals surface area (Å²) in [6.45, 7) is 2.90. The highest BCUT2D eigenvalue weighted by Crippen LogP contribution is 2.24. The highest BCUT2D eigenvalue weighted by molar-refractivity contribution is 5.34. The van der Waals surface area contributed by atoms with Crippen LogP contribution in [0.1, 0.15) is 48.4 Å². The number of benzene rings is 1. The molecule has 6 nitrogen and oxygen atoms in total. The number of aryl methyl sites for hydroxylation is 1. The van der Waals surface area contributed by atoms with Crippen molar-refractivity contribution in [3.63, 3.8) is 0 Å². The Kier molecular flexibility index (Phi) is 4.13. The summed E-state index contributed by atoms with van der Waals surface area (Å²) in [5.41, 5.74) is 4.63. The molecule has 0 amide bonds. The molecular weight excluding hydrogens is 302 g/mol. The van der Waals surface area contributed by atoms with Gasteiger partial charge in [-0.2, -0.15) is 5.10 Å². The van der Waals surface area contributed by atoms with Gasteiger partial charge in [-0.15, -0.1) is 0 Å². The fourth-order valence-electron chi connectivity index (χ4n) is 3.21. The van der Waals surface area contributed by atoms with Crippen molar-refractivity contribution in [2.45, 2.75) is 45.2 Å². The van der Waals surface area contributed by atoms with E-state index in [4.69, 9.17) is 4.52 Å². The molecule has 1 atom stereocenters. The first-order valence-corrected chi connectivity index (χ1v) is 8.46. The van der Waals surface area contributed by atoms with E-state index in [1.807, 2.05) is 0 Å². The van der Waals surface area contributed by atoms with Gasteiger partial charge in [-0.25, -0.2) is 9.67 Å². The molecule has 1 N–H and O–H groups in total. The van der Waals surface area contributed by atoms with Crippen molar-refractivity contribution >= 4 is 0 Å². The van der Waals surface area contributed by atoms with Gasteiger partial charge in [0.1, 0.15) is 24.1 Å². The van der Waals surface area contributed by atoms with Gasteiger partial charge >= 0.3 is 0 Å². The Hall–Kier alpha value is -2.47. The molecule has 0 radical (unpaired) electrons. The van der Waals surface area contributed by atoms with Crippen LogP contribution < -0.4 is 5.32 Å². The summed E-state index contributed by atoms with van der Waals surface area (Å²) in [5, 5.41) is 11.9. The molecular formula is C18H21N5O. The standard InChI is InChI=1S/C18H21N5O/c1-13(14-6-8-15(9-7-14)23-12-19-11-21-23)20-10-17-16-4-2-3-5-18(16)24-22-17/h6-9,11-13,20H,2-5,10H2,1H3. The lowest BCUT2D eigenvalue weighted by Crippen LogP contribution is -2.19. The second-order valence-corrected chi connectivity index (χ2v) is 6.27. The number of aromatic nitrogens is 4. The van der Waals surface area contributed by atoms with Crippen LogP contribution in [-0.4, -0.2) is 19.9 Å². The molecule has 1 aliphatic carbocycles. The van der Waals surface area contributed by atoms with Crippen molar-refractivity contribution in [2.24, 2.45) is 0 Å². The number of nitrogens with one attached hydrogen (secondary N) is 1. The Morgan fingerprint density at radius 3 is 2.83 bits per heavy atom. The zero-order chi connectivity index (χ0) is 16.4. The van der Waals surface area contributed by atoms with Gasteiger partial charge in [0.2, 0.25) is 0 Å². The van der Waals surface area contributed by atoms with Crippen molar-refractivity contribution in [1.29, 1.82) is 0 Å². The van der Waals surface area contributed by atoms with Gasteiger partial charge in [0.25, 0.3) is 0 Å². The Labute approximate surface area is 140 Å². The number of rotatable bonds is 5. The molecule has 24 heavy (non-hydrogen) atoms. The average Bonchev–Trinajstić information content (AvgIpc) is 3.30. The van der Waals surface area contributed by atoms with E-state index in [0.29, 0.717) is 0 Å². The number of hydrogen-bond acceptors (Lipinski definition) is 5. The van der Waals surface area contributed by atoms with Gasteiger partial charge in [0.05, 0.1) is 5.69 Å². The summed E-state index contributed by atoms with van der Waals surface area (Å²) in [6, 6.07) is 8.59. The van der Waals surface area contributed by atoms with E-state index in [0.717, 1.165) is 36.5 Å². The molecule has 4 rings (SSSR count). The molecule has 0 saturated heterocycles. The summed E-state index contributed by atoms with van der Waals surface area (Å²) in [4.78, 5) is 3.97. The third-order valence-electron chi connectivity index (χ3n) is 4.68. The summed E-state index contributed by atoms with van der Waals surface area (Å²) in [7, 11) is 0. The summed E-state index contributed by atoms with van der Waals surface area (Å²) in [5.74, 6) is 1.09. The normalized spacial score (nSPS) is 15.2. The predicted octanol–water partition coefficient (Wildman–Crippen LogP) is 2.98. The zero-order valence-corrected chi connectivity index (χ0v) is 13.8. The minimum absolute atomic E-state index is 0.241. The first kappa shape index (κ1) is 15.1. The van der Waals surface area contributed by atoms with Gasteiger partial charge < -0.3 is 9.84 Å². The lowest BCUT2D eigenvalue weighted by molar-refractivity contribution is 0.365. The maximum Gasteiger partial charge on any atom is 0.140 e. The Morgan fingerprint density at radius 2 is 2.04 bits per heavy atom. The molecule has 1 aromatic carbocycles. The summed E-state index contributed by atoms with van der Waals surface area (Å²) < 4.78 is 7.23. The van der Waals surface area contributed by atoms with E-state index in [-0.39, 0.29) is 6.04 Å². The van der Waals surface area contributed by atoms with Gasteiger partial charge in [-0.05, 0) is 43.9 Å². The SMILES string of the molecule is CC(NCc1noc2c1CCCC2)c1ccc(-n2cncn2)cc1. The van der Waals surface area contributed by atoms with E-state index >= 15 is 0 Å². The van der Waals surface area contributed by atoms with Crippen LogP contribution in [0.25, 0.3) is 5.69 Å². The molecule has 1 unspecified atom stereocenters. The van der Waals surface area contributed by atoms with Gasteiger partial charge in [0, 0.05) is 24.6 Å². The maximum atomic E-state index is 5.48. The van der Waals surface area contributed by atoms with E-state index in [2.05, 4.69) is 51.7 Å². The van der Waals surface area contributed by atoms with Crippen LogP contribution in [0.4, 0.5) is 0 Å². The molecule has 2 heterocycles. The Morgan fingerprint density at radius 1 is 1.21 bits per heavy atom. The Bertz CT molecular complexity index is 791. The van der Waals surface area contributed by atoms with E-state index in [1.165, 1.54) is 30.3 Å². The van der Waals surface area contributed by atoms with Crippen molar-refractivity contribution in [3.05, 3.63) is 59.5 Å². The summed E-state index contributed by atoms with van der Waals surface area (Å²) in [6.07, 6.45) is 7.81. The van der Waals surface area contributed by atoms with E-state index in [1.54, 1.807) is 11.0 Å². The second-order valence-electron chi connectivity index (χ2n) is 6.27. The van der Waals surface area contributed by atoms with Crippen molar-refractivity contribution in [2.75, 3.05) is 0 Å². The second kappa shape index (κ2) is 6.57. The maximum absolute atomic E-state index is 5.48. The van der Waals surface area contributed by atoms with Crippen LogP contribution >= 0.6 is 0 Å². The smallest absolute Gasteiger partial charge is 0.140 e. The molecule has 1 aliphatic rings. The molecule has 0 bridgehead atoms. The summed E-state index contributed by atoms with van der Waals surface area (Å²) >= 11 is 0. The van der Waals surface area contributed by atoms with E-state index in [9.17, 15) is 0 Å². The fraction of sp³-hybridized carbons (Fsp3) is 0.389. The molecule has 6 heteroatoms. The van der Waals surface area contributed by atoms with Crippen molar-refractivity contribution < 1.29 is 4.52 Å². The quantitative estimate of drug-likeness (QED) is 0.782. The lowest BCUT2D eigenvalue weighted by atomic mass is 9.96. The van der Waals surface area contributed by atoms with Crippen LogP contribution in [0.2, 0.25) is 0 Å². The molecule has 0 aliphatic heterocycles. The molecule has 2 aromatic heterocycles. The average molecular weight is 323 g/mol. The molecule has 0 saturated carbocycles. The van der Waals surface area contributed by atoms with E-state index < -0.39 is 0 Å². The monoisotopic (exact) mass is 323 g/mol. The van der Waals surface area contributed by atoms with Crippen LogP contribution in [0, 0.1) is 0 Å². The van der Waals surface area contributed by atoms with Gasteiger partial charge in [0.15, 0.2) is 0 Å². The number of hydrogen-bond donors (Lipinski definition) is 1. The zero-order valence-electron chi connectivity index (χ0n) is 13.8. The van der Waals surface area contributed by atoms with Crippen molar-refractivity contribution in [3.8, 4) is 5.69 Å². The number of fused-ring (bicyclic) bond motifs is 1.